The van der Waals surface area contributed by atoms with Gasteiger partial charge in [-0.2, -0.15) is 0 Å². The van der Waals surface area contributed by atoms with E-state index in [9.17, 15) is 4.79 Å². The number of aryl methyl sites for hydroxylation is 1. The van der Waals surface area contributed by atoms with Crippen molar-refractivity contribution >= 4 is 11.7 Å². The Morgan fingerprint density at radius 3 is 2.89 bits per heavy atom. The van der Waals surface area contributed by atoms with Crippen LogP contribution in [-0.4, -0.2) is 49.1 Å². The Hall–Kier alpha value is -2.40. The molecule has 1 unspecified atom stereocenters. The zero-order valence-corrected chi connectivity index (χ0v) is 15.9. The number of aromatic nitrogens is 1. The molecule has 27 heavy (non-hydrogen) atoms. The number of amides is 1. The van der Waals surface area contributed by atoms with Crippen molar-refractivity contribution in [3.63, 3.8) is 0 Å². The number of hydrogen-bond acceptors (Lipinski definition) is 4. The molecule has 5 nitrogen and oxygen atoms in total. The highest BCUT2D eigenvalue weighted by molar-refractivity contribution is 5.78. The van der Waals surface area contributed by atoms with Crippen LogP contribution in [0.15, 0.2) is 36.4 Å². The first kappa shape index (κ1) is 18.0. The van der Waals surface area contributed by atoms with Crippen LogP contribution in [0.3, 0.4) is 0 Å². The Balaban J connectivity index is 1.40. The fraction of sp³-hybridized carbons (Fsp3) is 0.455. The summed E-state index contributed by atoms with van der Waals surface area (Å²) in [7, 11) is 1.67. The second-order valence-electron chi connectivity index (χ2n) is 7.54. The van der Waals surface area contributed by atoms with Crippen molar-refractivity contribution in [2.75, 3.05) is 38.7 Å². The summed E-state index contributed by atoms with van der Waals surface area (Å²) in [6.07, 6.45) is 3.86. The van der Waals surface area contributed by atoms with E-state index in [0.717, 1.165) is 43.0 Å². The Bertz CT molecular complexity index is 804. The molecule has 4 rings (SSSR count). The summed E-state index contributed by atoms with van der Waals surface area (Å²) >= 11 is 0. The molecular weight excluding hydrogens is 338 g/mol. The fourth-order valence-corrected chi connectivity index (χ4v) is 4.04. The summed E-state index contributed by atoms with van der Waals surface area (Å²) in [6, 6.07) is 12.9. The van der Waals surface area contributed by atoms with Crippen LogP contribution in [0.5, 0.6) is 0 Å². The molecule has 1 N–H and O–H groups in total. The zero-order chi connectivity index (χ0) is 18.6. The van der Waals surface area contributed by atoms with Gasteiger partial charge in [0.05, 0.1) is 12.3 Å². The molecule has 5 heteroatoms. The lowest BCUT2D eigenvalue weighted by atomic mass is 9.97. The van der Waals surface area contributed by atoms with E-state index in [0.29, 0.717) is 25.5 Å². The first-order valence-corrected chi connectivity index (χ1v) is 9.83. The Morgan fingerprint density at radius 2 is 2.07 bits per heavy atom. The summed E-state index contributed by atoms with van der Waals surface area (Å²) < 4.78 is 5.09. The van der Waals surface area contributed by atoms with E-state index in [2.05, 4.69) is 41.7 Å². The molecule has 1 saturated heterocycles. The van der Waals surface area contributed by atoms with Crippen LogP contribution in [0.25, 0.3) is 11.3 Å². The van der Waals surface area contributed by atoms with Gasteiger partial charge in [0, 0.05) is 38.7 Å². The van der Waals surface area contributed by atoms with Gasteiger partial charge in [0.15, 0.2) is 0 Å². The topological polar surface area (TPSA) is 54.5 Å². The number of ether oxygens (including phenoxy) is 1. The summed E-state index contributed by atoms with van der Waals surface area (Å²) in [5.74, 6) is 1.68. The minimum atomic E-state index is 0.249. The molecule has 0 bridgehead atoms. The van der Waals surface area contributed by atoms with E-state index in [-0.39, 0.29) is 5.91 Å². The molecule has 1 fully saturated rings. The van der Waals surface area contributed by atoms with Crippen LogP contribution < -0.4 is 5.32 Å². The highest BCUT2D eigenvalue weighted by atomic mass is 16.5. The average Bonchev–Trinajstić information content (AvgIpc) is 3.05. The summed E-state index contributed by atoms with van der Waals surface area (Å²) in [6.45, 7) is 3.14. The smallest absolute Gasteiger partial charge is 0.223 e. The molecule has 142 valence electrons. The van der Waals surface area contributed by atoms with Gasteiger partial charge in [0.25, 0.3) is 0 Å². The number of anilines is 1. The molecule has 1 amide bonds. The third kappa shape index (κ3) is 4.14. The van der Waals surface area contributed by atoms with E-state index in [4.69, 9.17) is 9.72 Å². The second kappa shape index (κ2) is 8.09. The number of hydrogen-bond donors (Lipinski definition) is 1. The van der Waals surface area contributed by atoms with Crippen LogP contribution in [0.2, 0.25) is 0 Å². The highest BCUT2D eigenvalue weighted by Crippen LogP contribution is 2.27. The van der Waals surface area contributed by atoms with Crippen LogP contribution in [0.1, 0.15) is 24.0 Å². The number of fused-ring (bicyclic) bond motifs is 1. The minimum Gasteiger partial charge on any atom is -0.383 e. The maximum Gasteiger partial charge on any atom is 0.223 e. The number of benzene rings is 1. The monoisotopic (exact) mass is 365 g/mol. The van der Waals surface area contributed by atoms with E-state index in [1.54, 1.807) is 7.11 Å². The Kier molecular flexibility index (Phi) is 5.39. The van der Waals surface area contributed by atoms with Gasteiger partial charge >= 0.3 is 0 Å². The summed E-state index contributed by atoms with van der Waals surface area (Å²) in [5, 5.41) is 3.40. The van der Waals surface area contributed by atoms with E-state index in [1.807, 2.05) is 4.90 Å². The van der Waals surface area contributed by atoms with Gasteiger partial charge in [-0.05, 0) is 42.4 Å². The number of nitrogens with one attached hydrogen (secondary N) is 1. The first-order chi connectivity index (χ1) is 13.2. The van der Waals surface area contributed by atoms with Crippen molar-refractivity contribution in [1.82, 2.24) is 9.88 Å². The van der Waals surface area contributed by atoms with E-state index >= 15 is 0 Å². The number of rotatable bonds is 6. The lowest BCUT2D eigenvalue weighted by molar-refractivity contribution is -0.128. The number of pyridine rings is 1. The van der Waals surface area contributed by atoms with Gasteiger partial charge in [-0.25, -0.2) is 4.98 Å². The molecule has 2 aromatic rings. The quantitative estimate of drug-likeness (QED) is 0.854. The van der Waals surface area contributed by atoms with Crippen molar-refractivity contribution in [3.8, 4) is 11.3 Å². The fourth-order valence-electron chi connectivity index (χ4n) is 4.04. The third-order valence-corrected chi connectivity index (χ3v) is 5.53. The number of carbonyl (C=O) groups excluding carboxylic acids is 1. The van der Waals surface area contributed by atoms with Gasteiger partial charge in [0.1, 0.15) is 5.82 Å². The van der Waals surface area contributed by atoms with Crippen molar-refractivity contribution in [3.05, 3.63) is 47.5 Å². The molecule has 1 atom stereocenters. The van der Waals surface area contributed by atoms with Crippen molar-refractivity contribution in [2.45, 2.75) is 25.7 Å². The minimum absolute atomic E-state index is 0.249. The van der Waals surface area contributed by atoms with E-state index in [1.165, 1.54) is 17.5 Å². The zero-order valence-electron chi connectivity index (χ0n) is 15.9. The number of nitrogens with zero attached hydrogens (tertiary/aromatic N) is 2. The molecule has 0 aliphatic carbocycles. The van der Waals surface area contributed by atoms with Gasteiger partial charge in [-0.1, -0.05) is 30.3 Å². The Morgan fingerprint density at radius 1 is 1.22 bits per heavy atom. The van der Waals surface area contributed by atoms with Crippen molar-refractivity contribution in [2.24, 2.45) is 5.92 Å². The molecule has 0 saturated carbocycles. The average molecular weight is 365 g/mol. The van der Waals surface area contributed by atoms with Gasteiger partial charge in [-0.15, -0.1) is 0 Å². The maximum atomic E-state index is 12.1. The molecule has 0 radical (unpaired) electrons. The maximum absolute atomic E-state index is 12.1. The molecule has 2 aliphatic rings. The van der Waals surface area contributed by atoms with Crippen molar-refractivity contribution in [1.29, 1.82) is 0 Å². The standard InChI is InChI=1S/C22H27N3O2/c1-27-12-11-25-15-17(14-21(25)26)13-16-4-6-18(7-5-16)20-9-8-19-3-2-10-23-22(19)24-20/h4-9,17H,2-3,10-15H2,1H3,(H,23,24). The van der Waals surface area contributed by atoms with Gasteiger partial charge in [-0.3, -0.25) is 4.79 Å². The summed E-state index contributed by atoms with van der Waals surface area (Å²) in [4.78, 5) is 18.8. The normalized spacial score (nSPS) is 19.1. The van der Waals surface area contributed by atoms with Gasteiger partial charge < -0.3 is 15.0 Å². The van der Waals surface area contributed by atoms with E-state index < -0.39 is 0 Å². The highest BCUT2D eigenvalue weighted by Gasteiger charge is 2.29. The SMILES string of the molecule is COCCN1CC(Cc2ccc(-c3ccc4c(n3)NCCC4)cc2)CC1=O. The molecule has 2 aliphatic heterocycles. The molecule has 1 aromatic carbocycles. The number of likely N-dealkylation sites (tertiary alicyclic amines) is 1. The molecular formula is C22H27N3O2. The predicted octanol–water partition coefficient (Wildman–Crippen LogP) is 3.14. The number of methoxy groups -OCH3 is 1. The van der Waals surface area contributed by atoms with Crippen LogP contribution in [0.4, 0.5) is 5.82 Å². The second-order valence-corrected chi connectivity index (χ2v) is 7.54. The molecule has 0 spiro atoms. The largest absolute Gasteiger partial charge is 0.383 e. The molecule has 3 heterocycles. The Labute approximate surface area is 160 Å². The third-order valence-electron chi connectivity index (χ3n) is 5.53. The van der Waals surface area contributed by atoms with Crippen LogP contribution in [0, 0.1) is 5.92 Å². The van der Waals surface area contributed by atoms with Crippen molar-refractivity contribution < 1.29 is 9.53 Å². The lowest BCUT2D eigenvalue weighted by Gasteiger charge is -2.17. The van der Waals surface area contributed by atoms with Gasteiger partial charge in [0.2, 0.25) is 5.91 Å². The number of carbonyl (C=O) groups is 1. The predicted molar refractivity (Wildman–Crippen MR) is 107 cm³/mol. The first-order valence-electron chi connectivity index (χ1n) is 9.83. The van der Waals surface area contributed by atoms with Crippen LogP contribution in [-0.2, 0) is 22.4 Å². The summed E-state index contributed by atoms with van der Waals surface area (Å²) in [5.41, 5.74) is 4.74. The molecule has 1 aromatic heterocycles. The van der Waals surface area contributed by atoms with Crippen LogP contribution >= 0.6 is 0 Å². The lowest BCUT2D eigenvalue weighted by Crippen LogP contribution is -2.28.